The molecule has 4 fully saturated rings. The van der Waals surface area contributed by atoms with Crippen LogP contribution in [0.1, 0.15) is 25.3 Å². The third-order valence-corrected chi connectivity index (χ3v) is 8.46. The van der Waals surface area contributed by atoms with E-state index in [1.165, 1.54) is 0 Å². The summed E-state index contributed by atoms with van der Waals surface area (Å²) in [4.78, 5) is 17.0. The number of carbonyl (C=O) groups is 1. The van der Waals surface area contributed by atoms with Crippen molar-refractivity contribution in [1.29, 1.82) is 0 Å². The van der Waals surface area contributed by atoms with Crippen LogP contribution in [0.2, 0.25) is 0 Å². The highest BCUT2D eigenvalue weighted by atomic mass is 16.5. The average molecular weight is 370 g/mol. The molecule has 7 atom stereocenters. The standard InChI is InChI=1S/C21H26N2O4/c1-12-14-9-22-7-6-20-16-4-2-3-5-17(16)23(18(25)10-24)19(20)15(11-27-12)13(14)8-21(20,22)26/h2-5,12-15,19,24,26H,6-11H2,1H3. The van der Waals surface area contributed by atoms with Gasteiger partial charge in [-0.3, -0.25) is 9.69 Å². The lowest BCUT2D eigenvalue weighted by Gasteiger charge is -2.64. The predicted octanol–water partition coefficient (Wildman–Crippen LogP) is 0.711. The molecule has 144 valence electrons. The molecule has 6 rings (SSSR count). The average Bonchev–Trinajstić information content (AvgIpc) is 3.16. The normalized spacial score (nSPS) is 46.9. The molecule has 1 aromatic carbocycles. The number of benzene rings is 1. The Morgan fingerprint density at radius 2 is 2.11 bits per heavy atom. The number of ether oxygens (including phenoxy) is 1. The largest absolute Gasteiger partial charge is 0.387 e. The van der Waals surface area contributed by atoms with Crippen molar-refractivity contribution in [2.45, 2.75) is 43.1 Å². The number of aliphatic hydroxyl groups excluding tert-OH is 1. The van der Waals surface area contributed by atoms with Gasteiger partial charge in [0.05, 0.1) is 24.2 Å². The topological polar surface area (TPSA) is 73.2 Å². The first-order valence-electron chi connectivity index (χ1n) is 10.1. The lowest BCUT2D eigenvalue weighted by Crippen LogP contribution is -2.75. The van der Waals surface area contributed by atoms with E-state index in [1.54, 1.807) is 0 Å². The molecule has 4 aliphatic heterocycles. The van der Waals surface area contributed by atoms with Gasteiger partial charge in [0.2, 0.25) is 0 Å². The Morgan fingerprint density at radius 1 is 1.30 bits per heavy atom. The lowest BCUT2D eigenvalue weighted by atomic mass is 9.51. The van der Waals surface area contributed by atoms with Gasteiger partial charge in [-0.1, -0.05) is 18.2 Å². The van der Waals surface area contributed by atoms with Crippen molar-refractivity contribution >= 4 is 11.6 Å². The van der Waals surface area contributed by atoms with Gasteiger partial charge >= 0.3 is 0 Å². The number of aliphatic hydroxyl groups is 2. The van der Waals surface area contributed by atoms with Crippen LogP contribution in [0.25, 0.3) is 0 Å². The number of fused-ring (bicyclic) bond motifs is 2. The van der Waals surface area contributed by atoms with Crippen molar-refractivity contribution in [2.24, 2.45) is 17.8 Å². The number of hydrogen-bond donors (Lipinski definition) is 2. The monoisotopic (exact) mass is 370 g/mol. The van der Waals surface area contributed by atoms with Crippen LogP contribution in [0.5, 0.6) is 0 Å². The Bertz CT molecular complexity index is 830. The second-order valence-corrected chi connectivity index (χ2v) is 9.10. The third kappa shape index (κ3) is 1.66. The van der Waals surface area contributed by atoms with Crippen LogP contribution in [0, 0.1) is 17.8 Å². The molecule has 5 aliphatic rings. The predicted molar refractivity (Wildman–Crippen MR) is 98.1 cm³/mol. The summed E-state index contributed by atoms with van der Waals surface area (Å²) in [6, 6.07) is 7.83. The van der Waals surface area contributed by atoms with Crippen LogP contribution in [0.3, 0.4) is 0 Å². The first kappa shape index (κ1) is 16.5. The Kier molecular flexibility index (Phi) is 3.12. The van der Waals surface area contributed by atoms with E-state index in [1.807, 2.05) is 23.1 Å². The maximum absolute atomic E-state index is 12.9. The van der Waals surface area contributed by atoms with Crippen LogP contribution in [0.4, 0.5) is 5.69 Å². The SMILES string of the molecule is CC1OCC2C3CC4(O)N(CCC45c4ccccc4N(C(=O)CO)C25)CC13. The van der Waals surface area contributed by atoms with Crippen molar-refractivity contribution in [3.63, 3.8) is 0 Å². The van der Waals surface area contributed by atoms with E-state index in [4.69, 9.17) is 4.74 Å². The van der Waals surface area contributed by atoms with Gasteiger partial charge in [-0.2, -0.15) is 0 Å². The molecule has 2 N–H and O–H groups in total. The second-order valence-electron chi connectivity index (χ2n) is 9.10. The van der Waals surface area contributed by atoms with E-state index in [9.17, 15) is 15.0 Å². The molecule has 27 heavy (non-hydrogen) atoms. The molecular weight excluding hydrogens is 344 g/mol. The van der Waals surface area contributed by atoms with Gasteiger partial charge in [-0.05, 0) is 37.3 Å². The minimum absolute atomic E-state index is 0.154. The quantitative estimate of drug-likeness (QED) is 0.762. The number of amides is 1. The molecule has 6 heteroatoms. The van der Waals surface area contributed by atoms with Crippen molar-refractivity contribution < 1.29 is 19.7 Å². The lowest BCUT2D eigenvalue weighted by molar-refractivity contribution is -0.249. The highest BCUT2D eigenvalue weighted by Crippen LogP contribution is 2.67. The summed E-state index contributed by atoms with van der Waals surface area (Å²) < 4.78 is 6.19. The number of nitrogens with zero attached hydrogens (tertiary/aromatic N) is 2. The highest BCUT2D eigenvalue weighted by Gasteiger charge is 2.76. The van der Waals surface area contributed by atoms with Crippen molar-refractivity contribution in [2.75, 3.05) is 31.2 Å². The Hall–Kier alpha value is -1.47. The fraction of sp³-hybridized carbons (Fsp3) is 0.667. The number of para-hydroxylation sites is 1. The molecule has 3 saturated heterocycles. The smallest absolute Gasteiger partial charge is 0.252 e. The maximum Gasteiger partial charge on any atom is 0.252 e. The molecule has 1 saturated carbocycles. The third-order valence-electron chi connectivity index (χ3n) is 8.46. The molecule has 6 nitrogen and oxygen atoms in total. The molecule has 1 amide bonds. The zero-order chi connectivity index (χ0) is 18.6. The summed E-state index contributed by atoms with van der Waals surface area (Å²) in [5.74, 6) is 0.639. The van der Waals surface area contributed by atoms with Gasteiger partial charge in [0.1, 0.15) is 12.3 Å². The van der Waals surface area contributed by atoms with Gasteiger partial charge in [0.15, 0.2) is 0 Å². The summed E-state index contributed by atoms with van der Waals surface area (Å²) in [5.41, 5.74) is 0.508. The van der Waals surface area contributed by atoms with Crippen LogP contribution in [-0.2, 0) is 14.9 Å². The van der Waals surface area contributed by atoms with Crippen LogP contribution in [0.15, 0.2) is 24.3 Å². The summed E-state index contributed by atoms with van der Waals surface area (Å²) in [5, 5.41) is 21.8. The van der Waals surface area contributed by atoms with E-state index in [-0.39, 0.29) is 24.0 Å². The second kappa shape index (κ2) is 5.11. The fourth-order valence-electron chi connectivity index (χ4n) is 7.45. The summed E-state index contributed by atoms with van der Waals surface area (Å²) in [7, 11) is 0. The van der Waals surface area contributed by atoms with Crippen LogP contribution >= 0.6 is 0 Å². The van der Waals surface area contributed by atoms with Crippen molar-refractivity contribution in [3.8, 4) is 0 Å². The highest BCUT2D eigenvalue weighted by molar-refractivity contribution is 5.98. The molecular formula is C21H26N2O4. The fourth-order valence-corrected chi connectivity index (χ4v) is 7.45. The first-order chi connectivity index (χ1) is 13.0. The molecule has 4 heterocycles. The molecule has 1 spiro atoms. The van der Waals surface area contributed by atoms with Gasteiger partial charge in [-0.15, -0.1) is 0 Å². The number of anilines is 1. The Balaban J connectivity index is 1.62. The number of rotatable bonds is 1. The first-order valence-corrected chi connectivity index (χ1v) is 10.1. The van der Waals surface area contributed by atoms with Gasteiger partial charge in [0, 0.05) is 30.6 Å². The van der Waals surface area contributed by atoms with Gasteiger partial charge in [0.25, 0.3) is 5.91 Å². The summed E-state index contributed by atoms with van der Waals surface area (Å²) in [6.07, 6.45) is 1.77. The van der Waals surface area contributed by atoms with Crippen molar-refractivity contribution in [1.82, 2.24) is 4.90 Å². The molecule has 2 bridgehead atoms. The minimum atomic E-state index is -0.924. The summed E-state index contributed by atoms with van der Waals surface area (Å²) >= 11 is 0. The maximum atomic E-state index is 12.9. The number of carbonyl (C=O) groups excluding carboxylic acids is 1. The van der Waals surface area contributed by atoms with E-state index >= 15 is 0 Å². The van der Waals surface area contributed by atoms with Crippen LogP contribution < -0.4 is 4.90 Å². The molecule has 0 radical (unpaired) electrons. The van der Waals surface area contributed by atoms with Gasteiger partial charge < -0.3 is 19.8 Å². The van der Waals surface area contributed by atoms with E-state index < -0.39 is 17.7 Å². The number of hydrogen-bond acceptors (Lipinski definition) is 5. The van der Waals surface area contributed by atoms with Crippen molar-refractivity contribution in [3.05, 3.63) is 29.8 Å². The van der Waals surface area contributed by atoms with E-state index in [0.717, 1.165) is 37.2 Å². The molecule has 0 aromatic heterocycles. The number of piperidine rings is 1. The van der Waals surface area contributed by atoms with E-state index in [2.05, 4.69) is 17.9 Å². The molecule has 7 unspecified atom stereocenters. The van der Waals surface area contributed by atoms with Crippen LogP contribution in [-0.4, -0.2) is 65.2 Å². The van der Waals surface area contributed by atoms with E-state index in [0.29, 0.717) is 18.4 Å². The molecule has 1 aromatic rings. The zero-order valence-corrected chi connectivity index (χ0v) is 15.5. The zero-order valence-electron chi connectivity index (χ0n) is 15.5. The Morgan fingerprint density at radius 3 is 2.93 bits per heavy atom. The van der Waals surface area contributed by atoms with Gasteiger partial charge in [-0.25, -0.2) is 0 Å². The molecule has 1 aliphatic carbocycles. The minimum Gasteiger partial charge on any atom is -0.387 e. The Labute approximate surface area is 158 Å². The summed E-state index contributed by atoms with van der Waals surface area (Å²) in [6.45, 7) is 3.95.